The summed E-state index contributed by atoms with van der Waals surface area (Å²) in [5, 5.41) is 7.98. The molecule has 0 aliphatic carbocycles. The molecule has 4 rings (SSSR count). The van der Waals surface area contributed by atoms with Crippen molar-refractivity contribution in [1.29, 1.82) is 0 Å². The standard InChI is InChI=1S/C15H16ClN3/c16-11-3-4-12-13(10-11)19-9-1-2-14(19)15(18-12)5-7-17-8-6-15/h1-4,9-10,17-18H,5-8H2. The van der Waals surface area contributed by atoms with E-state index in [9.17, 15) is 0 Å². The van der Waals surface area contributed by atoms with Gasteiger partial charge in [-0.1, -0.05) is 11.6 Å². The highest BCUT2D eigenvalue weighted by Crippen LogP contribution is 2.42. The van der Waals surface area contributed by atoms with Crippen molar-refractivity contribution >= 4 is 17.3 Å². The Labute approximate surface area is 117 Å². The van der Waals surface area contributed by atoms with Crippen LogP contribution in [0.4, 0.5) is 5.69 Å². The topological polar surface area (TPSA) is 29.0 Å². The molecule has 0 unspecified atom stereocenters. The minimum atomic E-state index is 0.0651. The Morgan fingerprint density at radius 2 is 2.00 bits per heavy atom. The van der Waals surface area contributed by atoms with Gasteiger partial charge in [-0.15, -0.1) is 0 Å². The number of rotatable bonds is 0. The number of hydrogen-bond donors (Lipinski definition) is 2. The third kappa shape index (κ3) is 1.62. The predicted octanol–water partition coefficient (Wildman–Crippen LogP) is 3.13. The first-order valence-corrected chi connectivity index (χ1v) is 7.13. The van der Waals surface area contributed by atoms with Gasteiger partial charge in [0.1, 0.15) is 0 Å². The second-order valence-electron chi connectivity index (χ2n) is 5.38. The number of piperidine rings is 1. The minimum absolute atomic E-state index is 0.0651. The van der Waals surface area contributed by atoms with E-state index in [1.54, 1.807) is 0 Å². The molecule has 2 aromatic rings. The molecule has 3 heterocycles. The Morgan fingerprint density at radius 1 is 1.16 bits per heavy atom. The molecular formula is C15H16ClN3. The van der Waals surface area contributed by atoms with E-state index >= 15 is 0 Å². The summed E-state index contributed by atoms with van der Waals surface area (Å²) in [4.78, 5) is 0. The number of nitrogens with zero attached hydrogens (tertiary/aromatic N) is 1. The van der Waals surface area contributed by atoms with Gasteiger partial charge in [0, 0.05) is 16.9 Å². The summed E-state index contributed by atoms with van der Waals surface area (Å²) in [5.41, 5.74) is 3.74. The molecule has 1 aromatic heterocycles. The fourth-order valence-electron chi connectivity index (χ4n) is 3.35. The van der Waals surface area contributed by atoms with Crippen LogP contribution in [0.3, 0.4) is 0 Å². The first-order chi connectivity index (χ1) is 9.28. The first-order valence-electron chi connectivity index (χ1n) is 6.75. The lowest BCUT2D eigenvalue weighted by molar-refractivity contribution is 0.330. The summed E-state index contributed by atoms with van der Waals surface area (Å²) in [5.74, 6) is 0. The van der Waals surface area contributed by atoms with E-state index in [2.05, 4.69) is 39.6 Å². The van der Waals surface area contributed by atoms with Gasteiger partial charge in [0.15, 0.2) is 0 Å². The molecule has 0 radical (unpaired) electrons. The molecular weight excluding hydrogens is 258 g/mol. The highest BCUT2D eigenvalue weighted by atomic mass is 35.5. The number of aromatic nitrogens is 1. The van der Waals surface area contributed by atoms with Gasteiger partial charge in [-0.3, -0.25) is 0 Å². The third-order valence-electron chi connectivity index (χ3n) is 4.29. The number of fused-ring (bicyclic) bond motifs is 4. The molecule has 2 aliphatic rings. The Hall–Kier alpha value is -1.45. The van der Waals surface area contributed by atoms with Gasteiger partial charge in [0.05, 0.1) is 16.9 Å². The Bertz CT molecular complexity index is 626. The summed E-state index contributed by atoms with van der Waals surface area (Å²) < 4.78 is 2.28. The number of halogens is 1. The summed E-state index contributed by atoms with van der Waals surface area (Å²) in [6.07, 6.45) is 4.35. The van der Waals surface area contributed by atoms with Gasteiger partial charge >= 0.3 is 0 Å². The largest absolute Gasteiger partial charge is 0.372 e. The van der Waals surface area contributed by atoms with Crippen LogP contribution in [-0.2, 0) is 5.54 Å². The maximum atomic E-state index is 6.14. The SMILES string of the molecule is Clc1ccc2c(c1)-n1cccc1C1(CCNCC1)N2. The van der Waals surface area contributed by atoms with E-state index in [1.165, 1.54) is 11.4 Å². The quantitative estimate of drug-likeness (QED) is 0.772. The predicted molar refractivity (Wildman–Crippen MR) is 78.2 cm³/mol. The lowest BCUT2D eigenvalue weighted by Crippen LogP contribution is -2.48. The van der Waals surface area contributed by atoms with E-state index in [1.807, 2.05) is 12.1 Å². The maximum absolute atomic E-state index is 6.14. The number of nitrogens with one attached hydrogen (secondary N) is 2. The molecule has 1 saturated heterocycles. The van der Waals surface area contributed by atoms with Crippen LogP contribution in [0.25, 0.3) is 5.69 Å². The summed E-state index contributed by atoms with van der Waals surface area (Å²) in [7, 11) is 0. The van der Waals surface area contributed by atoms with Crippen molar-refractivity contribution in [2.75, 3.05) is 18.4 Å². The molecule has 1 spiro atoms. The monoisotopic (exact) mass is 273 g/mol. The average molecular weight is 274 g/mol. The maximum Gasteiger partial charge on any atom is 0.0804 e. The summed E-state index contributed by atoms with van der Waals surface area (Å²) in [6, 6.07) is 10.4. The van der Waals surface area contributed by atoms with Gasteiger partial charge in [-0.2, -0.15) is 0 Å². The van der Waals surface area contributed by atoms with Crippen LogP contribution in [0, 0.1) is 0 Å². The number of hydrogen-bond acceptors (Lipinski definition) is 2. The van der Waals surface area contributed by atoms with Gasteiger partial charge < -0.3 is 15.2 Å². The van der Waals surface area contributed by atoms with E-state index < -0.39 is 0 Å². The van der Waals surface area contributed by atoms with Gasteiger partial charge in [-0.05, 0) is 56.3 Å². The van der Waals surface area contributed by atoms with E-state index in [0.717, 1.165) is 36.6 Å². The molecule has 4 heteroatoms. The number of benzene rings is 1. The van der Waals surface area contributed by atoms with Gasteiger partial charge in [-0.25, -0.2) is 0 Å². The molecule has 2 N–H and O–H groups in total. The van der Waals surface area contributed by atoms with Crippen LogP contribution < -0.4 is 10.6 Å². The van der Waals surface area contributed by atoms with E-state index in [-0.39, 0.29) is 5.54 Å². The lowest BCUT2D eigenvalue weighted by atomic mass is 9.83. The second kappa shape index (κ2) is 4.02. The molecule has 1 aromatic carbocycles. The van der Waals surface area contributed by atoms with Crippen LogP contribution in [0.5, 0.6) is 0 Å². The van der Waals surface area contributed by atoms with Crippen LogP contribution in [0.2, 0.25) is 5.02 Å². The fourth-order valence-corrected chi connectivity index (χ4v) is 3.51. The molecule has 0 bridgehead atoms. The van der Waals surface area contributed by atoms with Crippen molar-refractivity contribution in [2.45, 2.75) is 18.4 Å². The fraction of sp³-hybridized carbons (Fsp3) is 0.333. The molecule has 2 aliphatic heterocycles. The zero-order chi connectivity index (χ0) is 12.9. The van der Waals surface area contributed by atoms with Crippen molar-refractivity contribution in [3.8, 4) is 5.69 Å². The van der Waals surface area contributed by atoms with Gasteiger partial charge in [0.25, 0.3) is 0 Å². The molecule has 0 amide bonds. The Morgan fingerprint density at radius 3 is 2.84 bits per heavy atom. The highest BCUT2D eigenvalue weighted by Gasteiger charge is 2.39. The molecule has 0 atom stereocenters. The Kier molecular flexibility index (Phi) is 2.41. The molecule has 98 valence electrons. The van der Waals surface area contributed by atoms with E-state index in [0.29, 0.717) is 0 Å². The zero-order valence-electron chi connectivity index (χ0n) is 10.6. The highest BCUT2D eigenvalue weighted by molar-refractivity contribution is 6.30. The molecule has 1 fully saturated rings. The molecule has 19 heavy (non-hydrogen) atoms. The molecule has 0 saturated carbocycles. The number of anilines is 1. The summed E-state index contributed by atoms with van der Waals surface area (Å²) >= 11 is 6.14. The van der Waals surface area contributed by atoms with Crippen LogP contribution in [0.1, 0.15) is 18.5 Å². The van der Waals surface area contributed by atoms with Crippen LogP contribution in [0.15, 0.2) is 36.5 Å². The zero-order valence-corrected chi connectivity index (χ0v) is 11.4. The Balaban J connectivity index is 1.91. The second-order valence-corrected chi connectivity index (χ2v) is 5.82. The lowest BCUT2D eigenvalue weighted by Gasteiger charge is -2.43. The minimum Gasteiger partial charge on any atom is -0.372 e. The van der Waals surface area contributed by atoms with Crippen molar-refractivity contribution in [3.63, 3.8) is 0 Å². The van der Waals surface area contributed by atoms with Gasteiger partial charge in [0.2, 0.25) is 0 Å². The van der Waals surface area contributed by atoms with Crippen LogP contribution in [-0.4, -0.2) is 17.7 Å². The smallest absolute Gasteiger partial charge is 0.0804 e. The van der Waals surface area contributed by atoms with Crippen molar-refractivity contribution in [2.24, 2.45) is 0 Å². The summed E-state index contributed by atoms with van der Waals surface area (Å²) in [6.45, 7) is 2.11. The van der Waals surface area contributed by atoms with Crippen LogP contribution >= 0.6 is 11.6 Å². The van der Waals surface area contributed by atoms with Crippen molar-refractivity contribution < 1.29 is 0 Å². The third-order valence-corrected chi connectivity index (χ3v) is 4.52. The van der Waals surface area contributed by atoms with E-state index in [4.69, 9.17) is 11.6 Å². The first kappa shape index (κ1) is 11.4. The molecule has 3 nitrogen and oxygen atoms in total. The van der Waals surface area contributed by atoms with Crippen molar-refractivity contribution in [1.82, 2.24) is 9.88 Å². The van der Waals surface area contributed by atoms with Crippen molar-refractivity contribution in [3.05, 3.63) is 47.2 Å². The normalized spacial score (nSPS) is 19.6. The average Bonchev–Trinajstić information content (AvgIpc) is 2.92.